The molecule has 0 amide bonds. The zero-order valence-electron chi connectivity index (χ0n) is 18.8. The van der Waals surface area contributed by atoms with Crippen LogP contribution in [-0.2, 0) is 21.0 Å². The Kier molecular flexibility index (Phi) is 7.52. The summed E-state index contributed by atoms with van der Waals surface area (Å²) in [6.45, 7) is -0.896. The average Bonchev–Trinajstić information content (AvgIpc) is 3.52. The third-order valence-corrected chi connectivity index (χ3v) is 6.27. The van der Waals surface area contributed by atoms with Gasteiger partial charge in [-0.2, -0.15) is 13.5 Å². The number of hydrogen-bond acceptors (Lipinski definition) is 8. The highest BCUT2D eigenvalue weighted by Gasteiger charge is 2.29. The van der Waals surface area contributed by atoms with Crippen LogP contribution < -0.4 is 10.5 Å². The number of carbonyl (C=O) groups is 1. The number of nitrogens with zero attached hydrogens (tertiary/aromatic N) is 4. The van der Waals surface area contributed by atoms with Crippen molar-refractivity contribution < 1.29 is 39.3 Å². The van der Waals surface area contributed by atoms with Crippen LogP contribution in [0.2, 0.25) is 0 Å². The highest BCUT2D eigenvalue weighted by molar-refractivity contribution is 7.84. The van der Waals surface area contributed by atoms with Crippen molar-refractivity contribution in [3.63, 3.8) is 0 Å². The van der Waals surface area contributed by atoms with Gasteiger partial charge in [-0.1, -0.05) is 0 Å². The van der Waals surface area contributed by atoms with Crippen LogP contribution in [0.1, 0.15) is 40.9 Å². The standard InChI is InChI=1S/C21H19F5N6O4S/c22-15-13(16(23)18(25)19(26)17(15)24)7-32-4-3-14(31-32)20(33)12-6-28-9-29-21(12)30-11-2-1-10(5-11)8-36-37(27,34)35/h3-4,6,9-11H,1-2,5,7-8H2,(H2,27,34,35)(H,28,29,30). The Morgan fingerprint density at radius 3 is 2.46 bits per heavy atom. The van der Waals surface area contributed by atoms with E-state index in [2.05, 4.69) is 24.6 Å². The van der Waals surface area contributed by atoms with Gasteiger partial charge >= 0.3 is 10.3 Å². The second kappa shape index (κ2) is 10.5. The van der Waals surface area contributed by atoms with E-state index in [9.17, 15) is 35.2 Å². The topological polar surface area (TPSA) is 142 Å². The van der Waals surface area contributed by atoms with Crippen LogP contribution in [0.15, 0.2) is 24.8 Å². The largest absolute Gasteiger partial charge is 0.367 e. The van der Waals surface area contributed by atoms with Crippen molar-refractivity contribution in [1.29, 1.82) is 0 Å². The second-order valence-corrected chi connectivity index (χ2v) is 9.58. The number of carbonyl (C=O) groups excluding carboxylic acids is 1. The lowest BCUT2D eigenvalue weighted by molar-refractivity contribution is 0.103. The van der Waals surface area contributed by atoms with E-state index in [4.69, 9.17) is 5.14 Å². The van der Waals surface area contributed by atoms with Gasteiger partial charge in [0, 0.05) is 18.4 Å². The van der Waals surface area contributed by atoms with Crippen LogP contribution in [0, 0.1) is 35.0 Å². The molecule has 2 atom stereocenters. The van der Waals surface area contributed by atoms with Crippen LogP contribution in [0.4, 0.5) is 27.8 Å². The maximum Gasteiger partial charge on any atom is 0.333 e. The van der Waals surface area contributed by atoms with E-state index in [1.807, 2.05) is 0 Å². The van der Waals surface area contributed by atoms with Crippen molar-refractivity contribution in [2.75, 3.05) is 11.9 Å². The molecule has 3 N–H and O–H groups in total. The molecule has 0 spiro atoms. The Labute approximate surface area is 206 Å². The molecule has 1 aromatic carbocycles. The monoisotopic (exact) mass is 546 g/mol. The molecule has 0 radical (unpaired) electrons. The first-order chi connectivity index (χ1) is 17.4. The van der Waals surface area contributed by atoms with Gasteiger partial charge in [-0.25, -0.2) is 37.1 Å². The SMILES string of the molecule is NS(=O)(=O)OCC1CCC(Nc2ncncc2C(=O)c2ccn(Cc3c(F)c(F)c(F)c(F)c3F)n2)C1. The summed E-state index contributed by atoms with van der Waals surface area (Å²) in [5.41, 5.74) is -1.27. The lowest BCUT2D eigenvalue weighted by Crippen LogP contribution is -2.22. The number of nitrogens with one attached hydrogen (secondary N) is 1. The minimum absolute atomic E-state index is 0.0215. The van der Waals surface area contributed by atoms with E-state index >= 15 is 0 Å². The molecular formula is C21H19F5N6O4S. The van der Waals surface area contributed by atoms with Crippen molar-refractivity contribution in [2.24, 2.45) is 11.1 Å². The summed E-state index contributed by atoms with van der Waals surface area (Å²) >= 11 is 0. The Morgan fingerprint density at radius 2 is 1.78 bits per heavy atom. The number of aromatic nitrogens is 4. The van der Waals surface area contributed by atoms with Crippen LogP contribution in [0.25, 0.3) is 0 Å². The van der Waals surface area contributed by atoms with E-state index in [-0.39, 0.29) is 35.6 Å². The molecule has 2 heterocycles. The lowest BCUT2D eigenvalue weighted by Gasteiger charge is -2.15. The summed E-state index contributed by atoms with van der Waals surface area (Å²) in [6.07, 6.45) is 5.38. The Hall–Kier alpha value is -3.50. The number of benzene rings is 1. The molecule has 4 rings (SSSR count). The van der Waals surface area contributed by atoms with Crippen LogP contribution in [0.3, 0.4) is 0 Å². The number of anilines is 1. The maximum absolute atomic E-state index is 14.0. The Balaban J connectivity index is 1.48. The predicted octanol–water partition coefficient (Wildman–Crippen LogP) is 2.45. The molecule has 1 fully saturated rings. The van der Waals surface area contributed by atoms with Gasteiger partial charge in [0.2, 0.25) is 11.6 Å². The number of halogens is 5. The van der Waals surface area contributed by atoms with Gasteiger partial charge in [0.1, 0.15) is 17.8 Å². The molecule has 1 saturated carbocycles. The van der Waals surface area contributed by atoms with Crippen molar-refractivity contribution in [1.82, 2.24) is 19.7 Å². The highest BCUT2D eigenvalue weighted by Crippen LogP contribution is 2.29. The van der Waals surface area contributed by atoms with E-state index in [0.717, 1.165) is 10.9 Å². The third kappa shape index (κ3) is 5.91. The fourth-order valence-electron chi connectivity index (χ4n) is 4.01. The molecule has 0 aliphatic heterocycles. The smallest absolute Gasteiger partial charge is 0.333 e. The number of nitrogens with two attached hydrogens (primary N) is 1. The second-order valence-electron chi connectivity index (χ2n) is 8.36. The summed E-state index contributed by atoms with van der Waals surface area (Å²) < 4.78 is 95.7. The maximum atomic E-state index is 14.0. The van der Waals surface area contributed by atoms with Crippen LogP contribution >= 0.6 is 0 Å². The number of hydrogen-bond donors (Lipinski definition) is 2. The van der Waals surface area contributed by atoms with Gasteiger partial charge < -0.3 is 5.32 Å². The molecule has 10 nitrogen and oxygen atoms in total. The number of ketones is 1. The molecule has 2 unspecified atom stereocenters. The van der Waals surface area contributed by atoms with Crippen molar-refractivity contribution >= 4 is 21.9 Å². The molecule has 1 aliphatic carbocycles. The first kappa shape index (κ1) is 26.6. The molecule has 198 valence electrons. The molecule has 0 saturated heterocycles. The quantitative estimate of drug-likeness (QED) is 0.180. The van der Waals surface area contributed by atoms with E-state index in [1.54, 1.807) is 0 Å². The molecule has 3 aromatic rings. The van der Waals surface area contributed by atoms with Crippen LogP contribution in [0.5, 0.6) is 0 Å². The molecule has 16 heteroatoms. The van der Waals surface area contributed by atoms with Gasteiger partial charge in [-0.05, 0) is 31.2 Å². The first-order valence-corrected chi connectivity index (χ1v) is 12.2. The van der Waals surface area contributed by atoms with Gasteiger partial charge in [0.25, 0.3) is 0 Å². The van der Waals surface area contributed by atoms with E-state index in [1.165, 1.54) is 18.6 Å². The molecule has 37 heavy (non-hydrogen) atoms. The lowest BCUT2D eigenvalue weighted by atomic mass is 10.1. The molecule has 0 bridgehead atoms. The third-order valence-electron chi connectivity index (χ3n) is 5.80. The summed E-state index contributed by atoms with van der Waals surface area (Å²) in [5, 5.41) is 11.9. The van der Waals surface area contributed by atoms with Crippen molar-refractivity contribution in [2.45, 2.75) is 31.8 Å². The normalized spacial score (nSPS) is 17.8. The average molecular weight is 546 g/mol. The highest BCUT2D eigenvalue weighted by atomic mass is 32.2. The summed E-state index contributed by atoms with van der Waals surface area (Å²) in [4.78, 5) is 21.0. The fourth-order valence-corrected chi connectivity index (χ4v) is 4.39. The van der Waals surface area contributed by atoms with Crippen LogP contribution in [-0.4, -0.2) is 46.6 Å². The Bertz CT molecular complexity index is 1420. The minimum atomic E-state index is -4.06. The predicted molar refractivity (Wildman–Crippen MR) is 117 cm³/mol. The summed E-state index contributed by atoms with van der Waals surface area (Å²) in [7, 11) is -4.06. The van der Waals surface area contributed by atoms with Gasteiger partial charge in [0.15, 0.2) is 23.3 Å². The molecular weight excluding hydrogens is 527 g/mol. The Morgan fingerprint density at radius 1 is 1.11 bits per heavy atom. The molecule has 1 aliphatic rings. The summed E-state index contributed by atoms with van der Waals surface area (Å²) in [6, 6.07) is 1.05. The zero-order valence-corrected chi connectivity index (χ0v) is 19.6. The first-order valence-electron chi connectivity index (χ1n) is 10.8. The van der Waals surface area contributed by atoms with E-state index in [0.29, 0.717) is 19.3 Å². The van der Waals surface area contributed by atoms with E-state index < -0.39 is 57.3 Å². The zero-order chi connectivity index (χ0) is 26.9. The van der Waals surface area contributed by atoms with Crippen molar-refractivity contribution in [3.05, 3.63) is 70.7 Å². The minimum Gasteiger partial charge on any atom is -0.367 e. The molecule has 2 aromatic heterocycles. The van der Waals surface area contributed by atoms with Gasteiger partial charge in [-0.15, -0.1) is 0 Å². The number of rotatable bonds is 9. The van der Waals surface area contributed by atoms with Crippen molar-refractivity contribution in [3.8, 4) is 0 Å². The van der Waals surface area contributed by atoms with Gasteiger partial charge in [-0.3, -0.25) is 13.7 Å². The van der Waals surface area contributed by atoms with Gasteiger partial charge in [0.05, 0.1) is 24.3 Å². The summed E-state index contributed by atoms with van der Waals surface area (Å²) in [5.74, 6) is -11.0. The fraction of sp³-hybridized carbons (Fsp3) is 0.333.